The number of thioether (sulfide) groups is 1. The molecular formula is C5H4ClIN2S. The highest BCUT2D eigenvalue weighted by atomic mass is 127. The van der Waals surface area contributed by atoms with Crippen molar-refractivity contribution in [3.8, 4) is 0 Å². The van der Waals surface area contributed by atoms with Crippen LogP contribution >= 0.6 is 46.0 Å². The summed E-state index contributed by atoms with van der Waals surface area (Å²) < 4.78 is 1.04. The van der Waals surface area contributed by atoms with Gasteiger partial charge in [0.2, 0.25) is 5.28 Å². The largest absolute Gasteiger partial charge is 0.225 e. The lowest BCUT2D eigenvalue weighted by atomic mass is 10.7. The molecule has 0 atom stereocenters. The summed E-state index contributed by atoms with van der Waals surface area (Å²) in [5.74, 6) is 0. The molecule has 0 spiro atoms. The zero-order valence-corrected chi connectivity index (χ0v) is 8.87. The molecule has 0 radical (unpaired) electrons. The molecule has 1 rings (SSSR count). The SMILES string of the molecule is CSc1nc(Cl)ncc1I. The minimum absolute atomic E-state index is 0.310. The van der Waals surface area contributed by atoms with Gasteiger partial charge < -0.3 is 0 Å². The van der Waals surface area contributed by atoms with Crippen molar-refractivity contribution in [3.63, 3.8) is 0 Å². The summed E-state index contributed by atoms with van der Waals surface area (Å²) in [5.41, 5.74) is 0. The molecule has 0 saturated carbocycles. The second kappa shape index (κ2) is 3.73. The van der Waals surface area contributed by atoms with E-state index in [0.29, 0.717) is 5.28 Å². The molecule has 0 aromatic carbocycles. The van der Waals surface area contributed by atoms with Crippen molar-refractivity contribution in [1.29, 1.82) is 0 Å². The summed E-state index contributed by atoms with van der Waals surface area (Å²) in [5, 5.41) is 1.24. The van der Waals surface area contributed by atoms with Gasteiger partial charge in [0.15, 0.2) is 0 Å². The van der Waals surface area contributed by atoms with Crippen molar-refractivity contribution in [2.45, 2.75) is 5.03 Å². The van der Waals surface area contributed by atoms with Crippen LogP contribution in [0.2, 0.25) is 5.28 Å². The molecule has 1 aromatic heterocycles. The Hall–Kier alpha value is 0.450. The summed E-state index contributed by atoms with van der Waals surface area (Å²) in [4.78, 5) is 7.82. The lowest BCUT2D eigenvalue weighted by molar-refractivity contribution is 1.03. The number of halogens is 2. The van der Waals surface area contributed by atoms with Gasteiger partial charge >= 0.3 is 0 Å². The molecule has 0 N–H and O–H groups in total. The molecule has 10 heavy (non-hydrogen) atoms. The number of hydrogen-bond donors (Lipinski definition) is 0. The maximum absolute atomic E-state index is 5.56. The normalized spacial score (nSPS) is 9.90. The Labute approximate surface area is 81.9 Å². The van der Waals surface area contributed by atoms with Crippen LogP contribution in [0.3, 0.4) is 0 Å². The maximum atomic E-state index is 5.56. The van der Waals surface area contributed by atoms with Crippen molar-refractivity contribution in [2.75, 3.05) is 6.26 Å². The van der Waals surface area contributed by atoms with Gasteiger partial charge in [-0.25, -0.2) is 9.97 Å². The molecule has 0 amide bonds. The van der Waals surface area contributed by atoms with Crippen molar-refractivity contribution < 1.29 is 0 Å². The number of nitrogens with zero attached hydrogens (tertiary/aromatic N) is 2. The fraction of sp³-hybridized carbons (Fsp3) is 0.200. The summed E-state index contributed by atoms with van der Waals surface area (Å²) in [7, 11) is 0. The van der Waals surface area contributed by atoms with Gasteiger partial charge in [-0.15, -0.1) is 11.8 Å². The van der Waals surface area contributed by atoms with E-state index in [1.807, 2.05) is 6.26 Å². The zero-order chi connectivity index (χ0) is 7.56. The van der Waals surface area contributed by atoms with Crippen LogP contribution in [-0.4, -0.2) is 16.2 Å². The molecule has 0 aliphatic carbocycles. The van der Waals surface area contributed by atoms with E-state index in [1.54, 1.807) is 18.0 Å². The van der Waals surface area contributed by atoms with Crippen molar-refractivity contribution in [2.24, 2.45) is 0 Å². The molecule has 0 bridgehead atoms. The third-order valence-corrected chi connectivity index (χ3v) is 2.91. The Bertz CT molecular complexity index is 243. The summed E-state index contributed by atoms with van der Waals surface area (Å²) in [6.07, 6.45) is 3.67. The molecule has 54 valence electrons. The van der Waals surface area contributed by atoms with Crippen LogP contribution in [0.25, 0.3) is 0 Å². The Morgan fingerprint density at radius 2 is 2.40 bits per heavy atom. The van der Waals surface area contributed by atoms with Gasteiger partial charge in [-0.1, -0.05) is 0 Å². The van der Waals surface area contributed by atoms with Gasteiger partial charge in [0, 0.05) is 6.20 Å². The topological polar surface area (TPSA) is 25.8 Å². The average Bonchev–Trinajstić information content (AvgIpc) is 1.94. The van der Waals surface area contributed by atoms with Gasteiger partial charge in [-0.05, 0) is 40.4 Å². The highest BCUT2D eigenvalue weighted by Gasteiger charge is 2.00. The molecule has 2 nitrogen and oxygen atoms in total. The van der Waals surface area contributed by atoms with E-state index in [1.165, 1.54) is 0 Å². The Balaban J connectivity index is 3.09. The first-order chi connectivity index (χ1) is 4.74. The Morgan fingerprint density at radius 3 is 2.90 bits per heavy atom. The van der Waals surface area contributed by atoms with Crippen LogP contribution in [0.1, 0.15) is 0 Å². The minimum atomic E-state index is 0.310. The van der Waals surface area contributed by atoms with E-state index >= 15 is 0 Å². The molecule has 1 heterocycles. The van der Waals surface area contributed by atoms with E-state index in [-0.39, 0.29) is 0 Å². The van der Waals surface area contributed by atoms with E-state index in [0.717, 1.165) is 8.60 Å². The first kappa shape index (κ1) is 8.55. The van der Waals surface area contributed by atoms with Gasteiger partial charge in [-0.2, -0.15) is 0 Å². The standard InChI is InChI=1S/C5H4ClIN2S/c1-10-4-3(7)2-8-5(6)9-4/h2H,1H3. The predicted molar refractivity (Wildman–Crippen MR) is 51.5 cm³/mol. The highest BCUT2D eigenvalue weighted by Crippen LogP contribution is 2.19. The lowest BCUT2D eigenvalue weighted by Gasteiger charge is -1.96. The molecular weight excluding hydrogens is 282 g/mol. The van der Waals surface area contributed by atoms with Gasteiger partial charge in [0.1, 0.15) is 5.03 Å². The number of aromatic nitrogens is 2. The average molecular weight is 287 g/mol. The zero-order valence-electron chi connectivity index (χ0n) is 5.14. The molecule has 0 aliphatic heterocycles. The van der Waals surface area contributed by atoms with Crippen molar-refractivity contribution >= 4 is 46.0 Å². The van der Waals surface area contributed by atoms with E-state index in [4.69, 9.17) is 11.6 Å². The fourth-order valence-electron chi connectivity index (χ4n) is 0.474. The lowest BCUT2D eigenvalue weighted by Crippen LogP contribution is -1.87. The van der Waals surface area contributed by atoms with Gasteiger partial charge in [-0.3, -0.25) is 0 Å². The molecule has 5 heteroatoms. The molecule has 0 unspecified atom stereocenters. The van der Waals surface area contributed by atoms with Crippen LogP contribution in [0, 0.1) is 3.57 Å². The Kier molecular flexibility index (Phi) is 3.19. The van der Waals surface area contributed by atoms with E-state index in [9.17, 15) is 0 Å². The minimum Gasteiger partial charge on any atom is -0.225 e. The monoisotopic (exact) mass is 286 g/mol. The molecule has 1 aromatic rings. The van der Waals surface area contributed by atoms with Crippen molar-refractivity contribution in [1.82, 2.24) is 9.97 Å². The first-order valence-corrected chi connectivity index (χ1v) is 5.14. The third kappa shape index (κ3) is 1.96. The molecule has 0 aliphatic rings. The molecule has 0 fully saturated rings. The number of rotatable bonds is 1. The summed E-state index contributed by atoms with van der Waals surface area (Å²) >= 11 is 9.30. The van der Waals surface area contributed by atoms with E-state index < -0.39 is 0 Å². The van der Waals surface area contributed by atoms with Gasteiger partial charge in [0.05, 0.1) is 3.57 Å². The fourth-order valence-corrected chi connectivity index (χ4v) is 2.00. The van der Waals surface area contributed by atoms with Crippen LogP contribution in [0.5, 0.6) is 0 Å². The van der Waals surface area contributed by atoms with Crippen molar-refractivity contribution in [3.05, 3.63) is 15.1 Å². The smallest absolute Gasteiger partial charge is 0.223 e. The molecule has 0 saturated heterocycles. The second-order valence-electron chi connectivity index (χ2n) is 1.50. The van der Waals surface area contributed by atoms with E-state index in [2.05, 4.69) is 32.6 Å². The van der Waals surface area contributed by atoms with Crippen LogP contribution < -0.4 is 0 Å². The Morgan fingerprint density at radius 1 is 1.70 bits per heavy atom. The quantitative estimate of drug-likeness (QED) is 0.343. The maximum Gasteiger partial charge on any atom is 0.223 e. The van der Waals surface area contributed by atoms with Gasteiger partial charge in [0.25, 0.3) is 0 Å². The summed E-state index contributed by atoms with van der Waals surface area (Å²) in [6.45, 7) is 0. The predicted octanol–water partition coefficient (Wildman–Crippen LogP) is 2.46. The van der Waals surface area contributed by atoms with Crippen LogP contribution in [-0.2, 0) is 0 Å². The second-order valence-corrected chi connectivity index (χ2v) is 3.79. The number of hydrogen-bond acceptors (Lipinski definition) is 3. The highest BCUT2D eigenvalue weighted by molar-refractivity contribution is 14.1. The van der Waals surface area contributed by atoms with Crippen LogP contribution in [0.15, 0.2) is 11.2 Å². The van der Waals surface area contributed by atoms with Crippen LogP contribution in [0.4, 0.5) is 0 Å². The third-order valence-electron chi connectivity index (χ3n) is 0.876. The summed E-state index contributed by atoms with van der Waals surface area (Å²) in [6, 6.07) is 0. The first-order valence-electron chi connectivity index (χ1n) is 2.46.